The fraction of sp³-hybridized carbons (Fsp3) is 0.471. The van der Waals surface area contributed by atoms with Crippen molar-refractivity contribution in [1.29, 1.82) is 0 Å². The highest BCUT2D eigenvalue weighted by Gasteiger charge is 2.19. The molecule has 1 heterocycles. The number of fused-ring (bicyclic) bond motifs is 1. The first-order valence-electron chi connectivity index (χ1n) is 7.62. The van der Waals surface area contributed by atoms with E-state index in [4.69, 9.17) is 0 Å². The number of carbonyl (C=O) groups is 1. The smallest absolute Gasteiger partial charge is 0.228 e. The van der Waals surface area contributed by atoms with Gasteiger partial charge in [-0.15, -0.1) is 11.3 Å². The molecule has 1 saturated carbocycles. The third-order valence-corrected chi connectivity index (χ3v) is 5.18. The van der Waals surface area contributed by atoms with Crippen LogP contribution in [0.4, 0.5) is 5.00 Å². The predicted octanol–water partition coefficient (Wildman–Crippen LogP) is 5.20. The van der Waals surface area contributed by atoms with Crippen molar-refractivity contribution in [3.8, 4) is 0 Å². The number of thiophene rings is 1. The Bertz CT molecular complexity index is 548. The summed E-state index contributed by atoms with van der Waals surface area (Å²) in [7, 11) is 0. The Hall–Kier alpha value is -1.35. The average Bonchev–Trinajstić information content (AvgIpc) is 2.80. The summed E-state index contributed by atoms with van der Waals surface area (Å²) in [6, 6.07) is 10.4. The van der Waals surface area contributed by atoms with Crippen LogP contribution < -0.4 is 5.32 Å². The van der Waals surface area contributed by atoms with Gasteiger partial charge in [0.25, 0.3) is 0 Å². The summed E-state index contributed by atoms with van der Waals surface area (Å²) in [6.45, 7) is 0. The van der Waals surface area contributed by atoms with Crippen molar-refractivity contribution in [2.45, 2.75) is 44.9 Å². The molecular formula is C17H21NOS. The van der Waals surface area contributed by atoms with Gasteiger partial charge in [0.1, 0.15) is 0 Å². The largest absolute Gasteiger partial charge is 0.317 e. The zero-order valence-electron chi connectivity index (χ0n) is 11.7. The zero-order valence-corrected chi connectivity index (χ0v) is 12.5. The number of nitrogens with one attached hydrogen (secondary N) is 1. The second-order valence-electron chi connectivity index (χ2n) is 5.68. The summed E-state index contributed by atoms with van der Waals surface area (Å²) in [5, 5.41) is 5.33. The van der Waals surface area contributed by atoms with Crippen LogP contribution >= 0.6 is 11.3 Å². The molecule has 0 aliphatic heterocycles. The predicted molar refractivity (Wildman–Crippen MR) is 86.3 cm³/mol. The van der Waals surface area contributed by atoms with Crippen LogP contribution in [0.3, 0.4) is 0 Å². The monoisotopic (exact) mass is 287 g/mol. The Morgan fingerprint density at radius 1 is 1.05 bits per heavy atom. The SMILES string of the molecule is O=C(Nc1cc2ccccc2s1)C1CCCCCCC1. The van der Waals surface area contributed by atoms with Gasteiger partial charge < -0.3 is 5.32 Å². The summed E-state index contributed by atoms with van der Waals surface area (Å²) >= 11 is 1.67. The van der Waals surface area contributed by atoms with Crippen LogP contribution in [0.15, 0.2) is 30.3 Å². The molecule has 1 aromatic heterocycles. The van der Waals surface area contributed by atoms with Crippen LogP contribution in [0.2, 0.25) is 0 Å². The van der Waals surface area contributed by atoms with Crippen molar-refractivity contribution < 1.29 is 4.79 Å². The van der Waals surface area contributed by atoms with E-state index >= 15 is 0 Å². The highest BCUT2D eigenvalue weighted by Crippen LogP contribution is 2.31. The van der Waals surface area contributed by atoms with E-state index in [0.717, 1.165) is 17.8 Å². The Kier molecular flexibility index (Phi) is 4.36. The number of rotatable bonds is 2. The second kappa shape index (κ2) is 6.40. The normalized spacial score (nSPS) is 17.6. The first-order chi connectivity index (χ1) is 9.83. The van der Waals surface area contributed by atoms with Gasteiger partial charge in [0.05, 0.1) is 5.00 Å². The summed E-state index contributed by atoms with van der Waals surface area (Å²) in [4.78, 5) is 12.4. The van der Waals surface area contributed by atoms with Crippen molar-refractivity contribution in [2.75, 3.05) is 5.32 Å². The van der Waals surface area contributed by atoms with Gasteiger partial charge in [-0.2, -0.15) is 0 Å². The second-order valence-corrected chi connectivity index (χ2v) is 6.76. The van der Waals surface area contributed by atoms with Gasteiger partial charge in [0, 0.05) is 10.6 Å². The van der Waals surface area contributed by atoms with E-state index in [0.29, 0.717) is 0 Å². The number of hydrogen-bond donors (Lipinski definition) is 1. The van der Waals surface area contributed by atoms with Crippen LogP contribution in [-0.2, 0) is 4.79 Å². The van der Waals surface area contributed by atoms with E-state index in [-0.39, 0.29) is 11.8 Å². The van der Waals surface area contributed by atoms with E-state index in [1.54, 1.807) is 11.3 Å². The average molecular weight is 287 g/mol. The lowest BCUT2D eigenvalue weighted by atomic mass is 9.90. The van der Waals surface area contributed by atoms with E-state index in [1.807, 2.05) is 12.1 Å². The molecule has 1 amide bonds. The lowest BCUT2D eigenvalue weighted by Gasteiger charge is -2.18. The van der Waals surface area contributed by atoms with E-state index in [1.165, 1.54) is 42.2 Å². The number of amides is 1. The fourth-order valence-electron chi connectivity index (χ4n) is 2.99. The van der Waals surface area contributed by atoms with Gasteiger partial charge in [-0.3, -0.25) is 4.79 Å². The minimum Gasteiger partial charge on any atom is -0.317 e. The molecule has 0 bridgehead atoms. The molecule has 0 saturated heterocycles. The maximum Gasteiger partial charge on any atom is 0.228 e. The molecule has 1 fully saturated rings. The molecule has 2 aromatic rings. The molecule has 1 N–H and O–H groups in total. The van der Waals surface area contributed by atoms with Gasteiger partial charge in [-0.25, -0.2) is 0 Å². The number of hydrogen-bond acceptors (Lipinski definition) is 2. The first kappa shape index (κ1) is 13.6. The van der Waals surface area contributed by atoms with Crippen molar-refractivity contribution in [3.63, 3.8) is 0 Å². The molecule has 3 heteroatoms. The van der Waals surface area contributed by atoms with Crippen molar-refractivity contribution >= 4 is 32.3 Å². The number of anilines is 1. The highest BCUT2D eigenvalue weighted by molar-refractivity contribution is 7.22. The molecule has 1 aliphatic rings. The molecule has 1 aliphatic carbocycles. The van der Waals surface area contributed by atoms with Crippen LogP contribution in [0, 0.1) is 5.92 Å². The quantitative estimate of drug-likeness (QED) is 0.808. The third-order valence-electron chi connectivity index (χ3n) is 4.15. The Morgan fingerprint density at radius 2 is 1.75 bits per heavy atom. The minimum atomic E-state index is 0.209. The minimum absolute atomic E-state index is 0.209. The molecule has 0 radical (unpaired) electrons. The summed E-state index contributed by atoms with van der Waals surface area (Å²) in [5.74, 6) is 0.430. The van der Waals surface area contributed by atoms with Gasteiger partial charge in [-0.1, -0.05) is 50.3 Å². The van der Waals surface area contributed by atoms with Gasteiger partial charge in [-0.05, 0) is 30.4 Å². The van der Waals surface area contributed by atoms with Crippen LogP contribution in [-0.4, -0.2) is 5.91 Å². The molecule has 3 rings (SSSR count). The van der Waals surface area contributed by atoms with Crippen molar-refractivity contribution in [2.24, 2.45) is 5.92 Å². The van der Waals surface area contributed by atoms with Crippen LogP contribution in [0.1, 0.15) is 44.9 Å². The van der Waals surface area contributed by atoms with Crippen LogP contribution in [0.5, 0.6) is 0 Å². The molecule has 1 aromatic carbocycles. The summed E-state index contributed by atoms with van der Waals surface area (Å²) in [5.41, 5.74) is 0. The van der Waals surface area contributed by atoms with Crippen molar-refractivity contribution in [3.05, 3.63) is 30.3 Å². The highest BCUT2D eigenvalue weighted by atomic mass is 32.1. The maximum absolute atomic E-state index is 12.4. The molecule has 0 unspecified atom stereocenters. The fourth-order valence-corrected chi connectivity index (χ4v) is 3.95. The number of benzene rings is 1. The molecule has 0 atom stereocenters. The summed E-state index contributed by atoms with van der Waals surface area (Å²) in [6.07, 6.45) is 8.41. The molecule has 2 nitrogen and oxygen atoms in total. The summed E-state index contributed by atoms with van der Waals surface area (Å²) < 4.78 is 1.24. The standard InChI is InChI=1S/C17H21NOS/c19-17(13-8-4-2-1-3-5-9-13)18-16-12-14-10-6-7-11-15(14)20-16/h6-7,10-13H,1-5,8-9H2,(H,18,19). The first-order valence-corrected chi connectivity index (χ1v) is 8.44. The van der Waals surface area contributed by atoms with E-state index in [2.05, 4.69) is 23.5 Å². The van der Waals surface area contributed by atoms with Gasteiger partial charge in [0.2, 0.25) is 5.91 Å². The number of carbonyl (C=O) groups excluding carboxylic acids is 1. The Labute approximate surface area is 124 Å². The lowest BCUT2D eigenvalue weighted by molar-refractivity contribution is -0.120. The topological polar surface area (TPSA) is 29.1 Å². The molecular weight excluding hydrogens is 266 g/mol. The zero-order chi connectivity index (χ0) is 13.8. The third kappa shape index (κ3) is 3.21. The van der Waals surface area contributed by atoms with Crippen LogP contribution in [0.25, 0.3) is 10.1 Å². The van der Waals surface area contributed by atoms with Gasteiger partial charge >= 0.3 is 0 Å². The maximum atomic E-state index is 12.4. The van der Waals surface area contributed by atoms with E-state index in [9.17, 15) is 4.79 Å². The molecule has 20 heavy (non-hydrogen) atoms. The molecule has 0 spiro atoms. The Balaban J connectivity index is 1.67. The van der Waals surface area contributed by atoms with Gasteiger partial charge in [0.15, 0.2) is 0 Å². The Morgan fingerprint density at radius 3 is 2.50 bits per heavy atom. The van der Waals surface area contributed by atoms with E-state index < -0.39 is 0 Å². The molecule has 106 valence electrons. The van der Waals surface area contributed by atoms with Crippen molar-refractivity contribution in [1.82, 2.24) is 0 Å². The lowest BCUT2D eigenvalue weighted by Crippen LogP contribution is -2.23.